The molecule has 5 rings (SSSR count). The summed E-state index contributed by atoms with van der Waals surface area (Å²) in [5.41, 5.74) is 11.3. The summed E-state index contributed by atoms with van der Waals surface area (Å²) in [5, 5.41) is 0. The number of aliphatic imine (C=N–C) groups is 1. The van der Waals surface area contributed by atoms with Crippen molar-refractivity contribution in [3.8, 4) is 0 Å². The van der Waals surface area contributed by atoms with Crippen molar-refractivity contribution in [1.29, 1.82) is 0 Å². The summed E-state index contributed by atoms with van der Waals surface area (Å²) in [4.78, 5) is 22.1. The Morgan fingerprint density at radius 2 is 1.81 bits per heavy atom. The van der Waals surface area contributed by atoms with Crippen LogP contribution in [0.25, 0.3) is 6.08 Å². The number of aryl methyl sites for hydroxylation is 2. The predicted octanol–water partition coefficient (Wildman–Crippen LogP) is 5.44. The van der Waals surface area contributed by atoms with Gasteiger partial charge in [-0.1, -0.05) is 42.8 Å². The van der Waals surface area contributed by atoms with Gasteiger partial charge >= 0.3 is 0 Å². The molecule has 2 aliphatic rings. The highest BCUT2D eigenvalue weighted by Gasteiger charge is 2.26. The van der Waals surface area contributed by atoms with Gasteiger partial charge in [-0.05, 0) is 78.3 Å². The summed E-state index contributed by atoms with van der Waals surface area (Å²) >= 11 is 0. The molecule has 2 heterocycles. The molecule has 154 valence electrons. The van der Waals surface area contributed by atoms with E-state index in [4.69, 9.17) is 4.99 Å². The van der Waals surface area contributed by atoms with E-state index in [1.54, 1.807) is 0 Å². The fourth-order valence-electron chi connectivity index (χ4n) is 4.67. The number of pyridine rings is 1. The first-order valence-electron chi connectivity index (χ1n) is 10.9. The molecule has 1 aliphatic carbocycles. The third kappa shape index (κ3) is 3.76. The fraction of sp³-hybridized carbons (Fsp3) is 0.250. The largest absolute Gasteiger partial charge is 0.294 e. The minimum atomic E-state index is 0.188. The second-order valence-corrected chi connectivity index (χ2v) is 8.85. The average Bonchev–Trinajstić information content (AvgIpc) is 3.16. The van der Waals surface area contributed by atoms with Crippen LogP contribution in [0.15, 0.2) is 65.3 Å². The SMILES string of the molecule is Cc1ccc(CC(C)C2=Cc3cc4c(cc3CC2=O)CN=C4c2ccnc(C)c2)cc1. The Balaban J connectivity index is 1.48. The maximum Gasteiger partial charge on any atom is 0.163 e. The summed E-state index contributed by atoms with van der Waals surface area (Å²) in [6.45, 7) is 6.94. The number of benzene rings is 2. The zero-order valence-electron chi connectivity index (χ0n) is 18.3. The van der Waals surface area contributed by atoms with Crippen molar-refractivity contribution < 1.29 is 4.79 Å². The van der Waals surface area contributed by atoms with E-state index in [-0.39, 0.29) is 11.7 Å². The van der Waals surface area contributed by atoms with Crippen molar-refractivity contribution in [2.75, 3.05) is 0 Å². The Labute approximate surface area is 183 Å². The summed E-state index contributed by atoms with van der Waals surface area (Å²) in [7, 11) is 0. The van der Waals surface area contributed by atoms with E-state index in [9.17, 15) is 4.79 Å². The van der Waals surface area contributed by atoms with Crippen molar-refractivity contribution in [2.24, 2.45) is 10.9 Å². The van der Waals surface area contributed by atoms with E-state index >= 15 is 0 Å². The van der Waals surface area contributed by atoms with Gasteiger partial charge in [-0.15, -0.1) is 0 Å². The van der Waals surface area contributed by atoms with Crippen LogP contribution < -0.4 is 0 Å². The zero-order valence-corrected chi connectivity index (χ0v) is 18.3. The molecule has 3 aromatic rings. The second-order valence-electron chi connectivity index (χ2n) is 8.85. The van der Waals surface area contributed by atoms with Gasteiger partial charge < -0.3 is 0 Å². The van der Waals surface area contributed by atoms with E-state index < -0.39 is 0 Å². The lowest BCUT2D eigenvalue weighted by molar-refractivity contribution is -0.115. The number of carbonyl (C=O) groups is 1. The number of carbonyl (C=O) groups excluding carboxylic acids is 1. The first-order valence-corrected chi connectivity index (χ1v) is 10.9. The third-order valence-corrected chi connectivity index (χ3v) is 6.38. The lowest BCUT2D eigenvalue weighted by atomic mass is 9.81. The van der Waals surface area contributed by atoms with E-state index in [0.29, 0.717) is 13.0 Å². The normalized spacial score (nSPS) is 15.8. The smallest absolute Gasteiger partial charge is 0.163 e. The molecule has 0 saturated carbocycles. The second kappa shape index (κ2) is 7.73. The van der Waals surface area contributed by atoms with Crippen LogP contribution in [-0.4, -0.2) is 16.5 Å². The van der Waals surface area contributed by atoms with E-state index in [1.165, 1.54) is 22.3 Å². The molecule has 2 aromatic carbocycles. The maximum absolute atomic E-state index is 13.0. The van der Waals surface area contributed by atoms with Crippen molar-refractivity contribution in [2.45, 2.75) is 40.2 Å². The van der Waals surface area contributed by atoms with Crippen molar-refractivity contribution in [1.82, 2.24) is 4.98 Å². The van der Waals surface area contributed by atoms with Gasteiger partial charge in [-0.2, -0.15) is 0 Å². The number of hydrogen-bond donors (Lipinski definition) is 0. The molecule has 0 fully saturated rings. The lowest BCUT2D eigenvalue weighted by Gasteiger charge is -2.22. The van der Waals surface area contributed by atoms with E-state index in [1.807, 2.05) is 19.2 Å². The Hall–Kier alpha value is -3.33. The molecule has 0 saturated heterocycles. The van der Waals surface area contributed by atoms with Gasteiger partial charge in [0.2, 0.25) is 0 Å². The van der Waals surface area contributed by atoms with Gasteiger partial charge in [-0.3, -0.25) is 14.8 Å². The summed E-state index contributed by atoms with van der Waals surface area (Å²) in [6.07, 6.45) is 5.32. The van der Waals surface area contributed by atoms with Gasteiger partial charge in [0.15, 0.2) is 5.78 Å². The number of rotatable bonds is 4. The van der Waals surface area contributed by atoms with Crippen LogP contribution in [0, 0.1) is 19.8 Å². The standard InChI is InChI=1S/C28H26N2O/c1-17-4-6-20(7-5-17)10-18(2)25-13-23-14-26-24(12-22(23)15-27(25)31)16-30-28(26)21-8-9-29-19(3)11-21/h4-9,11-14,18H,10,15-16H2,1-3H3. The van der Waals surface area contributed by atoms with Gasteiger partial charge in [0, 0.05) is 29.4 Å². The van der Waals surface area contributed by atoms with Crippen LogP contribution in [0.4, 0.5) is 0 Å². The molecule has 0 bridgehead atoms. The van der Waals surface area contributed by atoms with Crippen LogP contribution in [0.5, 0.6) is 0 Å². The number of Topliss-reactive ketones (excluding diaryl/α,β-unsaturated/α-hetero) is 1. The molecular formula is C28H26N2O. The van der Waals surface area contributed by atoms with Crippen LogP contribution in [0.3, 0.4) is 0 Å². The number of allylic oxidation sites excluding steroid dienone is 1. The van der Waals surface area contributed by atoms with Crippen LogP contribution in [0.2, 0.25) is 0 Å². The molecule has 1 unspecified atom stereocenters. The third-order valence-electron chi connectivity index (χ3n) is 6.38. The fourth-order valence-corrected chi connectivity index (χ4v) is 4.67. The highest BCUT2D eigenvalue weighted by Crippen LogP contribution is 2.33. The van der Waals surface area contributed by atoms with Gasteiger partial charge in [-0.25, -0.2) is 0 Å². The Morgan fingerprint density at radius 3 is 2.58 bits per heavy atom. The van der Waals surface area contributed by atoms with Crippen molar-refractivity contribution in [3.05, 3.63) is 105 Å². The summed E-state index contributed by atoms with van der Waals surface area (Å²) in [5.74, 6) is 0.434. The number of ketones is 1. The maximum atomic E-state index is 13.0. The Bertz CT molecular complexity index is 1250. The Morgan fingerprint density at radius 1 is 1.00 bits per heavy atom. The summed E-state index contributed by atoms with van der Waals surface area (Å²) in [6, 6.07) is 17.1. The first kappa shape index (κ1) is 19.6. The Kier molecular flexibility index (Phi) is 4.90. The van der Waals surface area contributed by atoms with E-state index in [2.05, 4.69) is 67.4 Å². The van der Waals surface area contributed by atoms with Crippen LogP contribution >= 0.6 is 0 Å². The van der Waals surface area contributed by atoms with Crippen molar-refractivity contribution >= 4 is 17.6 Å². The highest BCUT2D eigenvalue weighted by atomic mass is 16.1. The topological polar surface area (TPSA) is 42.3 Å². The van der Waals surface area contributed by atoms with Gasteiger partial charge in [0.1, 0.15) is 0 Å². The molecule has 1 atom stereocenters. The molecule has 31 heavy (non-hydrogen) atoms. The molecule has 0 radical (unpaired) electrons. The monoisotopic (exact) mass is 406 g/mol. The van der Waals surface area contributed by atoms with Gasteiger partial charge in [0.05, 0.1) is 12.3 Å². The predicted molar refractivity (Wildman–Crippen MR) is 125 cm³/mol. The zero-order chi connectivity index (χ0) is 21.5. The molecule has 0 amide bonds. The molecule has 1 aromatic heterocycles. The molecule has 0 spiro atoms. The molecule has 3 nitrogen and oxygen atoms in total. The molecule has 1 aliphatic heterocycles. The number of hydrogen-bond acceptors (Lipinski definition) is 3. The highest BCUT2D eigenvalue weighted by molar-refractivity contribution is 6.16. The van der Waals surface area contributed by atoms with Crippen LogP contribution in [0.1, 0.15) is 51.6 Å². The minimum absolute atomic E-state index is 0.188. The van der Waals surface area contributed by atoms with E-state index in [0.717, 1.165) is 40.1 Å². The van der Waals surface area contributed by atoms with Gasteiger partial charge in [0.25, 0.3) is 0 Å². The van der Waals surface area contributed by atoms with Crippen LogP contribution in [-0.2, 0) is 24.2 Å². The van der Waals surface area contributed by atoms with Crippen molar-refractivity contribution in [3.63, 3.8) is 0 Å². The number of nitrogens with zero attached hydrogens (tertiary/aromatic N) is 2. The lowest BCUT2D eigenvalue weighted by Crippen LogP contribution is -2.19. The molecule has 0 N–H and O–H groups in total. The average molecular weight is 407 g/mol. The number of aromatic nitrogens is 1. The molecule has 3 heteroatoms. The number of fused-ring (bicyclic) bond motifs is 2. The summed E-state index contributed by atoms with van der Waals surface area (Å²) < 4.78 is 0. The molecular weight excluding hydrogens is 380 g/mol. The minimum Gasteiger partial charge on any atom is -0.294 e. The first-order chi connectivity index (χ1) is 15.0. The quantitative estimate of drug-likeness (QED) is 0.579.